The summed E-state index contributed by atoms with van der Waals surface area (Å²) in [5.74, 6) is -0.0441. The van der Waals surface area contributed by atoms with Gasteiger partial charge in [-0.3, -0.25) is 0 Å². The first kappa shape index (κ1) is 20.5. The van der Waals surface area contributed by atoms with E-state index in [4.69, 9.17) is 27.9 Å². The number of hydrogen-bond donors (Lipinski definition) is 0. The molecule has 0 fully saturated rings. The summed E-state index contributed by atoms with van der Waals surface area (Å²) >= 11 is 14.1. The number of para-hydroxylation sites is 1. The first-order chi connectivity index (χ1) is 14.5. The fraction of sp³-hybridized carbons (Fsp3) is 0.143. The summed E-state index contributed by atoms with van der Waals surface area (Å²) in [6.45, 7) is 3.93. The quantitative estimate of drug-likeness (QED) is 0.350. The Hall–Kier alpha value is -2.74. The molecule has 9 heteroatoms. The molecule has 0 atom stereocenters. The Morgan fingerprint density at radius 2 is 1.97 bits per heavy atom. The Morgan fingerprint density at radius 1 is 1.17 bits per heavy atom. The average Bonchev–Trinajstić information content (AvgIpc) is 3.33. The first-order valence-electron chi connectivity index (χ1n) is 9.11. The van der Waals surface area contributed by atoms with Crippen molar-refractivity contribution in [3.8, 4) is 27.8 Å². The van der Waals surface area contributed by atoms with Crippen LogP contribution in [0.2, 0.25) is 10.0 Å². The number of aromatic nitrogens is 4. The molecule has 152 valence electrons. The number of nitrogens with zero attached hydrogens (tertiary/aromatic N) is 4. The molecule has 2 heterocycles. The van der Waals surface area contributed by atoms with E-state index < -0.39 is 5.97 Å². The maximum Gasteiger partial charge on any atom is 0.360 e. The number of rotatable bonds is 5. The predicted octanol–water partition coefficient (Wildman–Crippen LogP) is 5.85. The van der Waals surface area contributed by atoms with Crippen molar-refractivity contribution in [3.63, 3.8) is 0 Å². The summed E-state index contributed by atoms with van der Waals surface area (Å²) in [5, 5.41) is 5.50. The van der Waals surface area contributed by atoms with Crippen molar-refractivity contribution in [3.05, 3.63) is 69.8 Å². The normalized spacial score (nSPS) is 10.9. The van der Waals surface area contributed by atoms with Crippen molar-refractivity contribution in [2.24, 2.45) is 0 Å². The number of ether oxygens (including phenoxy) is 1. The molecule has 0 saturated carbocycles. The molecule has 0 aliphatic carbocycles. The number of carbonyl (C=O) groups is 1. The molecule has 2 aromatic heterocycles. The second-order valence-electron chi connectivity index (χ2n) is 6.39. The highest BCUT2D eigenvalue weighted by molar-refractivity contribution is 7.09. The highest BCUT2D eigenvalue weighted by atomic mass is 35.5. The molecule has 0 saturated heterocycles. The van der Waals surface area contributed by atoms with E-state index >= 15 is 0 Å². The summed E-state index contributed by atoms with van der Waals surface area (Å²) in [4.78, 5) is 17.0. The summed E-state index contributed by atoms with van der Waals surface area (Å²) in [6, 6.07) is 15.0. The fourth-order valence-corrected chi connectivity index (χ4v) is 4.21. The lowest BCUT2D eigenvalue weighted by atomic mass is 10.1. The van der Waals surface area contributed by atoms with E-state index in [0.717, 1.165) is 11.1 Å². The molecule has 4 rings (SSSR count). The van der Waals surface area contributed by atoms with E-state index in [1.54, 1.807) is 19.1 Å². The molecule has 0 radical (unpaired) electrons. The zero-order chi connectivity index (χ0) is 21.3. The molecule has 0 N–H and O–H groups in total. The Balaban J connectivity index is 1.89. The standard InChI is InChI=1S/C21H16Cl2N4O2S/c1-3-29-21(28)17-16(23)18(27(25-17)15-10-5-4-9-14(15)22)20-24-19(26-30-20)13-8-6-7-12(2)11-13/h4-11H,3H2,1-2H3. The smallest absolute Gasteiger partial charge is 0.360 e. The Labute approximate surface area is 187 Å². The van der Waals surface area contributed by atoms with Gasteiger partial charge in [-0.25, -0.2) is 14.5 Å². The van der Waals surface area contributed by atoms with Gasteiger partial charge in [0.05, 0.1) is 17.3 Å². The van der Waals surface area contributed by atoms with E-state index in [1.807, 2.05) is 43.3 Å². The second kappa shape index (κ2) is 8.55. The van der Waals surface area contributed by atoms with E-state index in [-0.39, 0.29) is 17.3 Å². The van der Waals surface area contributed by atoms with Crippen LogP contribution in [0.15, 0.2) is 48.5 Å². The topological polar surface area (TPSA) is 69.9 Å². The highest BCUT2D eigenvalue weighted by Gasteiger charge is 2.27. The number of hydrogen-bond acceptors (Lipinski definition) is 6. The minimum absolute atomic E-state index is 0.000687. The molecule has 0 bridgehead atoms. The maximum absolute atomic E-state index is 12.4. The number of aryl methyl sites for hydroxylation is 1. The Morgan fingerprint density at radius 3 is 2.70 bits per heavy atom. The van der Waals surface area contributed by atoms with Gasteiger partial charge < -0.3 is 4.74 Å². The van der Waals surface area contributed by atoms with E-state index in [1.165, 1.54) is 16.2 Å². The van der Waals surface area contributed by atoms with Gasteiger partial charge in [-0.05, 0) is 43.6 Å². The van der Waals surface area contributed by atoms with Crippen molar-refractivity contribution in [1.29, 1.82) is 0 Å². The molecular formula is C21H16Cl2N4O2S. The summed E-state index contributed by atoms with van der Waals surface area (Å²) in [6.07, 6.45) is 0. The van der Waals surface area contributed by atoms with E-state index in [9.17, 15) is 4.79 Å². The van der Waals surface area contributed by atoms with Crippen molar-refractivity contribution in [2.45, 2.75) is 13.8 Å². The van der Waals surface area contributed by atoms with Crippen LogP contribution in [0.5, 0.6) is 0 Å². The lowest BCUT2D eigenvalue weighted by Crippen LogP contribution is -2.07. The molecule has 4 aromatic rings. The SMILES string of the molecule is CCOC(=O)c1nn(-c2ccccc2Cl)c(-c2nc(-c3cccc(C)c3)ns2)c1Cl. The third kappa shape index (κ3) is 3.84. The first-order valence-corrected chi connectivity index (χ1v) is 10.6. The summed E-state index contributed by atoms with van der Waals surface area (Å²) in [7, 11) is 0. The third-order valence-electron chi connectivity index (χ3n) is 4.28. The molecule has 6 nitrogen and oxygen atoms in total. The van der Waals surface area contributed by atoms with Gasteiger partial charge >= 0.3 is 5.97 Å². The molecule has 0 aliphatic heterocycles. The largest absolute Gasteiger partial charge is 0.461 e. The van der Waals surface area contributed by atoms with Crippen molar-refractivity contribution in [2.75, 3.05) is 6.61 Å². The fourth-order valence-electron chi connectivity index (χ4n) is 2.93. The second-order valence-corrected chi connectivity index (χ2v) is 7.92. The van der Waals surface area contributed by atoms with Crippen LogP contribution in [0.4, 0.5) is 0 Å². The zero-order valence-electron chi connectivity index (χ0n) is 16.1. The van der Waals surface area contributed by atoms with E-state index in [0.29, 0.717) is 27.2 Å². The van der Waals surface area contributed by atoms with Crippen LogP contribution in [0, 0.1) is 6.92 Å². The lowest BCUT2D eigenvalue weighted by molar-refractivity contribution is 0.0519. The van der Waals surface area contributed by atoms with Crippen molar-refractivity contribution < 1.29 is 9.53 Å². The molecule has 0 aliphatic rings. The maximum atomic E-state index is 12.4. The van der Waals surface area contributed by atoms with Gasteiger partial charge in [0, 0.05) is 5.56 Å². The molecule has 0 amide bonds. The molecule has 0 spiro atoms. The van der Waals surface area contributed by atoms with Crippen molar-refractivity contribution >= 4 is 40.7 Å². The highest BCUT2D eigenvalue weighted by Crippen LogP contribution is 2.37. The number of benzene rings is 2. The van der Waals surface area contributed by atoms with Gasteiger partial charge in [0.1, 0.15) is 10.7 Å². The van der Waals surface area contributed by atoms with Gasteiger partial charge in [-0.15, -0.1) is 0 Å². The zero-order valence-corrected chi connectivity index (χ0v) is 18.4. The van der Waals surface area contributed by atoms with Crippen LogP contribution in [-0.2, 0) is 4.74 Å². The average molecular weight is 459 g/mol. The molecule has 0 unspecified atom stereocenters. The van der Waals surface area contributed by atoms with Crippen LogP contribution in [0.25, 0.3) is 27.8 Å². The Kier molecular flexibility index (Phi) is 5.85. The van der Waals surface area contributed by atoms with Crippen LogP contribution in [0.3, 0.4) is 0 Å². The monoisotopic (exact) mass is 458 g/mol. The van der Waals surface area contributed by atoms with Crippen LogP contribution in [0.1, 0.15) is 23.0 Å². The van der Waals surface area contributed by atoms with Crippen LogP contribution >= 0.6 is 34.7 Å². The number of esters is 1. The molecular weight excluding hydrogens is 443 g/mol. The number of halogens is 2. The van der Waals surface area contributed by atoms with Crippen molar-refractivity contribution in [1.82, 2.24) is 19.1 Å². The van der Waals surface area contributed by atoms with Gasteiger partial charge in [0.25, 0.3) is 0 Å². The van der Waals surface area contributed by atoms with Crippen LogP contribution < -0.4 is 0 Å². The number of carbonyl (C=O) groups excluding carboxylic acids is 1. The minimum atomic E-state index is -0.613. The predicted molar refractivity (Wildman–Crippen MR) is 119 cm³/mol. The van der Waals surface area contributed by atoms with Gasteiger partial charge in [-0.2, -0.15) is 9.47 Å². The third-order valence-corrected chi connectivity index (χ3v) is 5.68. The van der Waals surface area contributed by atoms with Gasteiger partial charge in [-0.1, -0.05) is 59.1 Å². The van der Waals surface area contributed by atoms with Gasteiger partial charge in [0.15, 0.2) is 16.5 Å². The molecule has 2 aromatic carbocycles. The minimum Gasteiger partial charge on any atom is -0.461 e. The summed E-state index contributed by atoms with van der Waals surface area (Å²) in [5.41, 5.74) is 3.00. The lowest BCUT2D eigenvalue weighted by Gasteiger charge is -2.07. The van der Waals surface area contributed by atoms with Gasteiger partial charge in [0.2, 0.25) is 0 Å². The molecule has 30 heavy (non-hydrogen) atoms. The Bertz CT molecular complexity index is 1240. The van der Waals surface area contributed by atoms with E-state index in [2.05, 4.69) is 14.5 Å². The summed E-state index contributed by atoms with van der Waals surface area (Å²) < 4.78 is 11.1. The van der Waals surface area contributed by atoms with Crippen LogP contribution in [-0.4, -0.2) is 31.7 Å².